The van der Waals surface area contributed by atoms with Crippen LogP contribution in [0.2, 0.25) is 0 Å². The number of alkyl halides is 1. The van der Waals surface area contributed by atoms with Crippen molar-refractivity contribution in [2.75, 3.05) is 30.3 Å². The fourth-order valence-corrected chi connectivity index (χ4v) is 6.09. The van der Waals surface area contributed by atoms with Gasteiger partial charge in [-0.2, -0.15) is 9.97 Å². The zero-order valence-corrected chi connectivity index (χ0v) is 17.9. The third-order valence-electron chi connectivity index (χ3n) is 6.48. The fraction of sp³-hybridized carbons (Fsp3) is 0.722. The van der Waals surface area contributed by atoms with Crippen molar-refractivity contribution < 1.29 is 27.3 Å². The van der Waals surface area contributed by atoms with Crippen molar-refractivity contribution in [1.82, 2.24) is 19.5 Å². The molecule has 0 amide bonds. The molecule has 0 bridgehead atoms. The monoisotopic (exact) mass is 454 g/mol. The maximum atomic E-state index is 16.1. The number of imidazole rings is 1. The van der Waals surface area contributed by atoms with Crippen LogP contribution >= 0.6 is 7.82 Å². The van der Waals surface area contributed by atoms with E-state index in [1.54, 1.807) is 0 Å². The molecule has 31 heavy (non-hydrogen) atoms. The summed E-state index contributed by atoms with van der Waals surface area (Å²) >= 11 is 0. The Kier molecular flexibility index (Phi) is 4.36. The SMILES string of the molecule is C[C@@]1(F)[C@@H]2OP(=O)(OC3CCC3)OC[C@H]2O[C@H]1n1cnc2c(N3CCC3)nc(N)nc21. The third-order valence-corrected chi connectivity index (χ3v) is 7.99. The van der Waals surface area contributed by atoms with Gasteiger partial charge in [-0.3, -0.25) is 18.1 Å². The molecule has 168 valence electrons. The first-order chi connectivity index (χ1) is 14.8. The summed E-state index contributed by atoms with van der Waals surface area (Å²) in [7, 11) is -3.86. The molecule has 13 heteroatoms. The summed E-state index contributed by atoms with van der Waals surface area (Å²) in [5.74, 6) is 0.701. The number of hydrogen-bond acceptors (Lipinski definition) is 10. The zero-order chi connectivity index (χ0) is 21.4. The second-order valence-electron chi connectivity index (χ2n) is 8.68. The zero-order valence-electron chi connectivity index (χ0n) is 17.0. The molecule has 3 aliphatic heterocycles. The van der Waals surface area contributed by atoms with E-state index in [9.17, 15) is 4.57 Å². The van der Waals surface area contributed by atoms with Crippen molar-refractivity contribution in [2.24, 2.45) is 0 Å². The highest BCUT2D eigenvalue weighted by Crippen LogP contribution is 2.61. The van der Waals surface area contributed by atoms with E-state index in [1.807, 2.05) is 4.90 Å². The van der Waals surface area contributed by atoms with Gasteiger partial charge in [-0.05, 0) is 32.6 Å². The summed E-state index contributed by atoms with van der Waals surface area (Å²) in [4.78, 5) is 15.1. The number of halogens is 1. The largest absolute Gasteiger partial charge is 0.475 e. The number of nitrogen functional groups attached to an aromatic ring is 1. The number of phosphoric acid groups is 1. The van der Waals surface area contributed by atoms with Gasteiger partial charge >= 0.3 is 7.82 Å². The molecule has 2 aromatic rings. The van der Waals surface area contributed by atoms with Crippen LogP contribution in [0.15, 0.2) is 6.33 Å². The van der Waals surface area contributed by atoms with Gasteiger partial charge < -0.3 is 15.4 Å². The van der Waals surface area contributed by atoms with E-state index >= 15 is 4.39 Å². The van der Waals surface area contributed by atoms with Crippen LogP contribution in [0, 0.1) is 0 Å². The van der Waals surface area contributed by atoms with Gasteiger partial charge in [0.25, 0.3) is 0 Å². The average Bonchev–Trinajstić information content (AvgIpc) is 3.16. The molecule has 0 radical (unpaired) electrons. The second kappa shape index (κ2) is 6.82. The first kappa shape index (κ1) is 19.8. The van der Waals surface area contributed by atoms with Gasteiger partial charge in [0.1, 0.15) is 12.2 Å². The molecule has 0 aromatic carbocycles. The lowest BCUT2D eigenvalue weighted by Crippen LogP contribution is -2.45. The normalized spacial score (nSPS) is 38.1. The standard InChI is InChI=1S/C18H24FN6O5P/c1-18(19)13-11(8-27-31(26,30-13)29-10-4-2-5-10)28-16(18)25-9-21-12-14(24-6-3-7-24)22-17(20)23-15(12)25/h9-11,13,16H,2-8H2,1H3,(H2,20,22,23)/t11-,13-,16-,18-,31?/m1/s1. The predicted molar refractivity (Wildman–Crippen MR) is 107 cm³/mol. The molecule has 6 rings (SSSR count). The predicted octanol–water partition coefficient (Wildman–Crippen LogP) is 2.34. The van der Waals surface area contributed by atoms with E-state index in [2.05, 4.69) is 15.0 Å². The Hall–Kier alpha value is -1.85. The minimum atomic E-state index is -3.86. The number of phosphoric ester groups is 1. The van der Waals surface area contributed by atoms with Gasteiger partial charge in [-0.15, -0.1) is 0 Å². The van der Waals surface area contributed by atoms with Crippen LogP contribution in [0.4, 0.5) is 16.2 Å². The molecular weight excluding hydrogens is 430 g/mol. The molecule has 2 aromatic heterocycles. The molecule has 5 heterocycles. The van der Waals surface area contributed by atoms with E-state index in [0.717, 1.165) is 38.8 Å². The maximum Gasteiger partial charge on any atom is 0.475 e. The summed E-state index contributed by atoms with van der Waals surface area (Å²) in [6.45, 7) is 2.97. The molecule has 1 aliphatic carbocycles. The lowest BCUT2D eigenvalue weighted by molar-refractivity contribution is -0.0788. The number of anilines is 2. The summed E-state index contributed by atoms with van der Waals surface area (Å²) in [6, 6.07) is 0. The highest BCUT2D eigenvalue weighted by Gasteiger charge is 2.62. The maximum absolute atomic E-state index is 16.1. The highest BCUT2D eigenvalue weighted by atomic mass is 31.2. The number of nitrogens with zero attached hydrogens (tertiary/aromatic N) is 5. The quantitative estimate of drug-likeness (QED) is 0.688. The van der Waals surface area contributed by atoms with Crippen LogP contribution in [0.1, 0.15) is 38.8 Å². The molecule has 11 nitrogen and oxygen atoms in total. The van der Waals surface area contributed by atoms with Gasteiger partial charge in [0, 0.05) is 13.1 Å². The number of nitrogens with two attached hydrogens (primary N) is 1. The molecule has 5 atom stereocenters. The molecule has 1 unspecified atom stereocenters. The molecule has 0 spiro atoms. The molecular formula is C18H24FN6O5P. The highest BCUT2D eigenvalue weighted by molar-refractivity contribution is 7.48. The summed E-state index contributed by atoms with van der Waals surface area (Å²) < 4.78 is 52.9. The van der Waals surface area contributed by atoms with Gasteiger partial charge in [0.05, 0.1) is 19.0 Å². The smallest absolute Gasteiger partial charge is 0.368 e. The van der Waals surface area contributed by atoms with E-state index in [1.165, 1.54) is 17.8 Å². The topological polar surface area (TPSA) is 127 Å². The van der Waals surface area contributed by atoms with Crippen molar-refractivity contribution in [3.8, 4) is 0 Å². The van der Waals surface area contributed by atoms with Crippen LogP contribution < -0.4 is 10.6 Å². The number of ether oxygens (including phenoxy) is 1. The Morgan fingerprint density at radius 1 is 1.32 bits per heavy atom. The Balaban J connectivity index is 1.33. The van der Waals surface area contributed by atoms with Crippen LogP contribution in [0.3, 0.4) is 0 Å². The number of aromatic nitrogens is 4. The molecule has 1 saturated carbocycles. The number of fused-ring (bicyclic) bond motifs is 2. The van der Waals surface area contributed by atoms with Gasteiger partial charge in [-0.1, -0.05) is 0 Å². The molecule has 4 aliphatic rings. The Bertz CT molecular complexity index is 1070. The second-order valence-corrected chi connectivity index (χ2v) is 10.2. The van der Waals surface area contributed by atoms with E-state index in [0.29, 0.717) is 17.0 Å². The summed E-state index contributed by atoms with van der Waals surface area (Å²) in [5.41, 5.74) is 4.79. The van der Waals surface area contributed by atoms with Crippen molar-refractivity contribution in [2.45, 2.75) is 62.8 Å². The molecule has 3 saturated heterocycles. The summed E-state index contributed by atoms with van der Waals surface area (Å²) in [5, 5.41) is 0. The Morgan fingerprint density at radius 2 is 2.13 bits per heavy atom. The average molecular weight is 454 g/mol. The van der Waals surface area contributed by atoms with Crippen molar-refractivity contribution in [1.29, 1.82) is 0 Å². The summed E-state index contributed by atoms with van der Waals surface area (Å²) in [6.07, 6.45) is 1.94. The first-order valence-electron chi connectivity index (χ1n) is 10.5. The Morgan fingerprint density at radius 3 is 2.81 bits per heavy atom. The fourth-order valence-electron chi connectivity index (χ4n) is 4.40. The number of rotatable bonds is 4. The minimum Gasteiger partial charge on any atom is -0.368 e. The van der Waals surface area contributed by atoms with Crippen LogP contribution in [-0.2, 0) is 22.9 Å². The Labute approximate surface area is 177 Å². The molecule has 4 fully saturated rings. The van der Waals surface area contributed by atoms with E-state index < -0.39 is 31.9 Å². The van der Waals surface area contributed by atoms with Gasteiger partial charge in [0.15, 0.2) is 28.9 Å². The van der Waals surface area contributed by atoms with Crippen LogP contribution in [-0.4, -0.2) is 63.2 Å². The van der Waals surface area contributed by atoms with Crippen molar-refractivity contribution in [3.63, 3.8) is 0 Å². The molecule has 2 N–H and O–H groups in total. The van der Waals surface area contributed by atoms with Crippen LogP contribution in [0.5, 0.6) is 0 Å². The lowest BCUT2D eigenvalue weighted by atomic mass is 9.97. The van der Waals surface area contributed by atoms with Gasteiger partial charge in [-0.25, -0.2) is 13.9 Å². The number of hydrogen-bond donors (Lipinski definition) is 1. The van der Waals surface area contributed by atoms with Crippen molar-refractivity contribution >= 4 is 30.8 Å². The lowest BCUT2D eigenvalue weighted by Gasteiger charge is -2.36. The van der Waals surface area contributed by atoms with Gasteiger partial charge in [0.2, 0.25) is 5.95 Å². The minimum absolute atomic E-state index is 0.0742. The van der Waals surface area contributed by atoms with Crippen LogP contribution in [0.25, 0.3) is 11.2 Å². The third kappa shape index (κ3) is 3.07. The van der Waals surface area contributed by atoms with E-state index in [-0.39, 0.29) is 18.7 Å². The van der Waals surface area contributed by atoms with E-state index in [4.69, 9.17) is 24.0 Å². The van der Waals surface area contributed by atoms with Crippen molar-refractivity contribution in [3.05, 3.63) is 6.33 Å². The first-order valence-corrected chi connectivity index (χ1v) is 12.0.